The largest absolute Gasteiger partial charge is 0.480 e. The van der Waals surface area contributed by atoms with Gasteiger partial charge < -0.3 is 14.9 Å². The molecule has 2 aromatic carbocycles. The Hall–Kier alpha value is -3.15. The first-order valence-electron chi connectivity index (χ1n) is 8.90. The van der Waals surface area contributed by atoms with Gasteiger partial charge in [-0.1, -0.05) is 48.5 Å². The molecule has 0 spiro atoms. The number of carboxylic acid groups (broad SMARTS) is 1. The maximum absolute atomic E-state index is 13.0. The highest BCUT2D eigenvalue weighted by molar-refractivity contribution is 6.01. The number of anilines is 1. The number of nitrogens with zero attached hydrogens (tertiary/aromatic N) is 2. The smallest absolute Gasteiger partial charge is 0.323 e. The van der Waals surface area contributed by atoms with Crippen molar-refractivity contribution in [1.82, 2.24) is 4.90 Å². The quantitative estimate of drug-likeness (QED) is 0.853. The summed E-state index contributed by atoms with van der Waals surface area (Å²) in [5.74, 6) is -2.07. The Morgan fingerprint density at radius 2 is 1.70 bits per heavy atom. The summed E-state index contributed by atoms with van der Waals surface area (Å²) in [5, 5.41) is 9.21. The van der Waals surface area contributed by atoms with Crippen LogP contribution in [0.1, 0.15) is 24.9 Å². The molecule has 1 fully saturated rings. The molecule has 1 aliphatic heterocycles. The van der Waals surface area contributed by atoms with Crippen molar-refractivity contribution in [1.29, 1.82) is 0 Å². The van der Waals surface area contributed by atoms with Gasteiger partial charge in [-0.3, -0.25) is 14.4 Å². The summed E-state index contributed by atoms with van der Waals surface area (Å²) in [4.78, 5) is 39.7. The molecular weight excluding hydrogens is 344 g/mol. The van der Waals surface area contributed by atoms with Crippen molar-refractivity contribution in [2.75, 3.05) is 18.0 Å². The molecule has 1 heterocycles. The molecule has 2 unspecified atom stereocenters. The Morgan fingerprint density at radius 3 is 2.30 bits per heavy atom. The van der Waals surface area contributed by atoms with Crippen LogP contribution in [0, 0.1) is 5.92 Å². The number of aliphatic carboxylic acids is 1. The molecule has 140 valence electrons. The highest BCUT2D eigenvalue weighted by Gasteiger charge is 2.39. The summed E-state index contributed by atoms with van der Waals surface area (Å²) in [7, 11) is 0. The van der Waals surface area contributed by atoms with Crippen molar-refractivity contribution in [3.05, 3.63) is 66.2 Å². The number of rotatable bonds is 6. The van der Waals surface area contributed by atoms with Crippen LogP contribution in [0.25, 0.3) is 0 Å². The van der Waals surface area contributed by atoms with Gasteiger partial charge in [-0.05, 0) is 24.6 Å². The molecule has 6 heteroatoms. The fraction of sp³-hybridized carbons (Fsp3) is 0.286. The second-order valence-corrected chi connectivity index (χ2v) is 6.69. The van der Waals surface area contributed by atoms with Crippen LogP contribution < -0.4 is 4.90 Å². The van der Waals surface area contributed by atoms with E-state index < -0.39 is 18.4 Å². The minimum absolute atomic E-state index is 0.0898. The van der Waals surface area contributed by atoms with Gasteiger partial charge in [0.1, 0.15) is 6.54 Å². The van der Waals surface area contributed by atoms with E-state index in [2.05, 4.69) is 0 Å². The average molecular weight is 366 g/mol. The summed E-state index contributed by atoms with van der Waals surface area (Å²) in [6.45, 7) is 1.80. The van der Waals surface area contributed by atoms with E-state index in [0.717, 1.165) is 5.56 Å². The van der Waals surface area contributed by atoms with Gasteiger partial charge in [0.25, 0.3) is 0 Å². The van der Waals surface area contributed by atoms with Crippen LogP contribution in [0.2, 0.25) is 0 Å². The lowest BCUT2D eigenvalue weighted by molar-refractivity contribution is -0.137. The summed E-state index contributed by atoms with van der Waals surface area (Å²) >= 11 is 0. The Morgan fingerprint density at radius 1 is 1.11 bits per heavy atom. The molecule has 6 nitrogen and oxygen atoms in total. The molecule has 2 amide bonds. The number of carbonyl (C=O) groups excluding carboxylic acids is 2. The van der Waals surface area contributed by atoms with Crippen molar-refractivity contribution in [2.45, 2.75) is 19.4 Å². The van der Waals surface area contributed by atoms with Crippen molar-refractivity contribution in [3.63, 3.8) is 0 Å². The van der Waals surface area contributed by atoms with E-state index in [1.807, 2.05) is 37.3 Å². The molecule has 1 aliphatic rings. The zero-order valence-electron chi connectivity index (χ0n) is 15.1. The van der Waals surface area contributed by atoms with Crippen molar-refractivity contribution >= 4 is 23.5 Å². The lowest BCUT2D eigenvalue weighted by atomic mass is 10.1. The lowest BCUT2D eigenvalue weighted by Gasteiger charge is -2.27. The van der Waals surface area contributed by atoms with Gasteiger partial charge in [0, 0.05) is 18.7 Å². The van der Waals surface area contributed by atoms with E-state index in [4.69, 9.17) is 0 Å². The minimum atomic E-state index is -1.09. The lowest BCUT2D eigenvalue weighted by Crippen LogP contribution is -2.41. The fourth-order valence-corrected chi connectivity index (χ4v) is 3.44. The molecule has 0 aromatic heterocycles. The van der Waals surface area contributed by atoms with E-state index >= 15 is 0 Å². The first-order valence-corrected chi connectivity index (χ1v) is 8.90. The Kier molecular flexibility index (Phi) is 5.54. The zero-order chi connectivity index (χ0) is 19.4. The second-order valence-electron chi connectivity index (χ2n) is 6.69. The van der Waals surface area contributed by atoms with Gasteiger partial charge in [0.05, 0.1) is 12.0 Å². The van der Waals surface area contributed by atoms with Gasteiger partial charge >= 0.3 is 5.97 Å². The predicted molar refractivity (Wildman–Crippen MR) is 101 cm³/mol. The van der Waals surface area contributed by atoms with Gasteiger partial charge in [0.2, 0.25) is 11.8 Å². The summed E-state index contributed by atoms with van der Waals surface area (Å²) in [6.07, 6.45) is 0.0962. The number of amides is 2. The van der Waals surface area contributed by atoms with Crippen LogP contribution in [-0.4, -0.2) is 40.9 Å². The number of para-hydroxylation sites is 1. The average Bonchev–Trinajstić information content (AvgIpc) is 3.08. The van der Waals surface area contributed by atoms with Gasteiger partial charge in [-0.25, -0.2) is 0 Å². The fourth-order valence-electron chi connectivity index (χ4n) is 3.44. The number of hydrogen-bond donors (Lipinski definition) is 1. The number of likely N-dealkylation sites (tertiary alicyclic amines) is 1. The predicted octanol–water partition coefficient (Wildman–Crippen LogP) is 2.71. The van der Waals surface area contributed by atoms with Crippen LogP contribution >= 0.6 is 0 Å². The maximum Gasteiger partial charge on any atom is 0.323 e. The normalized spacial score (nSPS) is 17.6. The van der Waals surface area contributed by atoms with Crippen molar-refractivity contribution < 1.29 is 19.5 Å². The van der Waals surface area contributed by atoms with E-state index in [1.54, 1.807) is 35.2 Å². The molecule has 0 bridgehead atoms. The Balaban J connectivity index is 1.78. The first kappa shape index (κ1) is 18.6. The third kappa shape index (κ3) is 4.16. The maximum atomic E-state index is 13.0. The summed E-state index contributed by atoms with van der Waals surface area (Å²) in [6, 6.07) is 18.2. The SMILES string of the molecule is CC(c1ccccc1)N1CC(C(=O)N(CC(=O)O)c2ccccc2)CC1=O. The van der Waals surface area contributed by atoms with Gasteiger partial charge in [-0.2, -0.15) is 0 Å². The van der Waals surface area contributed by atoms with Crippen LogP contribution in [0.15, 0.2) is 60.7 Å². The molecule has 3 rings (SSSR count). The third-order valence-corrected chi connectivity index (χ3v) is 4.88. The standard InChI is InChI=1S/C21H22N2O4/c1-15(16-8-4-2-5-9-16)22-13-17(12-19(22)24)21(27)23(14-20(25)26)18-10-6-3-7-11-18/h2-11,15,17H,12-14H2,1H3,(H,25,26). The molecule has 0 radical (unpaired) electrons. The Labute approximate surface area is 158 Å². The molecule has 2 aromatic rings. The van der Waals surface area contributed by atoms with E-state index in [9.17, 15) is 19.5 Å². The molecule has 1 saturated heterocycles. The van der Waals surface area contributed by atoms with Crippen molar-refractivity contribution in [2.24, 2.45) is 5.92 Å². The van der Waals surface area contributed by atoms with E-state index in [-0.39, 0.29) is 30.8 Å². The van der Waals surface area contributed by atoms with Crippen LogP contribution in [0.4, 0.5) is 5.69 Å². The van der Waals surface area contributed by atoms with Crippen LogP contribution in [0.3, 0.4) is 0 Å². The number of carbonyl (C=O) groups is 3. The van der Waals surface area contributed by atoms with Crippen molar-refractivity contribution in [3.8, 4) is 0 Å². The molecule has 1 N–H and O–H groups in total. The molecule has 0 aliphatic carbocycles. The van der Waals surface area contributed by atoms with Crippen LogP contribution in [0.5, 0.6) is 0 Å². The van der Waals surface area contributed by atoms with Gasteiger partial charge in [0.15, 0.2) is 0 Å². The Bertz CT molecular complexity index is 823. The topological polar surface area (TPSA) is 77.9 Å². The van der Waals surface area contributed by atoms with Gasteiger partial charge in [-0.15, -0.1) is 0 Å². The van der Waals surface area contributed by atoms with Crippen LogP contribution in [-0.2, 0) is 14.4 Å². The van der Waals surface area contributed by atoms with E-state index in [0.29, 0.717) is 5.69 Å². The zero-order valence-corrected chi connectivity index (χ0v) is 15.1. The molecule has 0 saturated carbocycles. The molecule has 2 atom stereocenters. The third-order valence-electron chi connectivity index (χ3n) is 4.88. The number of benzene rings is 2. The molecule has 27 heavy (non-hydrogen) atoms. The first-order chi connectivity index (χ1) is 13.0. The summed E-state index contributed by atoms with van der Waals surface area (Å²) in [5.41, 5.74) is 1.52. The minimum Gasteiger partial charge on any atom is -0.480 e. The number of hydrogen-bond acceptors (Lipinski definition) is 3. The number of carboxylic acids is 1. The second kappa shape index (κ2) is 8.03. The molecular formula is C21H22N2O4. The monoisotopic (exact) mass is 366 g/mol. The highest BCUT2D eigenvalue weighted by atomic mass is 16.4. The van der Waals surface area contributed by atoms with E-state index in [1.165, 1.54) is 4.90 Å². The highest BCUT2D eigenvalue weighted by Crippen LogP contribution is 2.30. The summed E-state index contributed by atoms with van der Waals surface area (Å²) < 4.78 is 0.